The van der Waals surface area contributed by atoms with Crippen LogP contribution in [0.1, 0.15) is 32.1 Å². The Balaban J connectivity index is 1.88. The van der Waals surface area contributed by atoms with E-state index in [1.807, 2.05) is 7.11 Å². The molecule has 4 bridgehead atoms. The summed E-state index contributed by atoms with van der Waals surface area (Å²) in [6, 6.07) is 0. The lowest BCUT2D eigenvalue weighted by molar-refractivity contribution is -0.136. The molecular formula is C14H20O3. The van der Waals surface area contributed by atoms with Crippen molar-refractivity contribution in [2.24, 2.45) is 17.8 Å². The van der Waals surface area contributed by atoms with Crippen molar-refractivity contribution in [1.82, 2.24) is 0 Å². The Kier molecular flexibility index (Phi) is 2.54. The molecule has 0 aromatic heterocycles. The molecule has 3 nitrogen and oxygen atoms in total. The van der Waals surface area contributed by atoms with E-state index in [4.69, 9.17) is 9.47 Å². The van der Waals surface area contributed by atoms with Gasteiger partial charge in [0.1, 0.15) is 0 Å². The molecule has 0 N–H and O–H groups in total. The predicted octanol–water partition coefficient (Wildman–Crippen LogP) is 2.31. The van der Waals surface area contributed by atoms with Gasteiger partial charge in [-0.1, -0.05) is 5.57 Å². The maximum atomic E-state index is 11.4. The van der Waals surface area contributed by atoms with Crippen LogP contribution in [0.2, 0.25) is 0 Å². The van der Waals surface area contributed by atoms with Gasteiger partial charge in [-0.25, -0.2) is 4.79 Å². The summed E-state index contributed by atoms with van der Waals surface area (Å²) in [5, 5.41) is 0. The fourth-order valence-corrected chi connectivity index (χ4v) is 4.43. The first-order valence-electron chi connectivity index (χ1n) is 6.50. The van der Waals surface area contributed by atoms with Crippen LogP contribution in [0, 0.1) is 17.8 Å². The zero-order valence-electron chi connectivity index (χ0n) is 10.6. The van der Waals surface area contributed by atoms with Crippen molar-refractivity contribution in [3.8, 4) is 0 Å². The summed E-state index contributed by atoms with van der Waals surface area (Å²) in [5.41, 5.74) is 1.45. The highest BCUT2D eigenvalue weighted by atomic mass is 16.5. The van der Waals surface area contributed by atoms with Crippen molar-refractivity contribution in [2.75, 3.05) is 14.2 Å². The van der Waals surface area contributed by atoms with Crippen molar-refractivity contribution in [3.05, 3.63) is 11.6 Å². The topological polar surface area (TPSA) is 35.5 Å². The molecule has 4 saturated carbocycles. The Morgan fingerprint density at radius 1 is 1.24 bits per heavy atom. The average Bonchev–Trinajstić information content (AvgIpc) is 2.32. The van der Waals surface area contributed by atoms with Crippen LogP contribution in [0.4, 0.5) is 0 Å². The largest absolute Gasteiger partial charge is 0.466 e. The molecule has 17 heavy (non-hydrogen) atoms. The summed E-state index contributed by atoms with van der Waals surface area (Å²) >= 11 is 0. The summed E-state index contributed by atoms with van der Waals surface area (Å²) < 4.78 is 10.5. The molecule has 4 rings (SSSR count). The van der Waals surface area contributed by atoms with Crippen molar-refractivity contribution in [1.29, 1.82) is 0 Å². The minimum Gasteiger partial charge on any atom is -0.466 e. The quantitative estimate of drug-likeness (QED) is 0.545. The average molecular weight is 236 g/mol. The Labute approximate surface area is 102 Å². The van der Waals surface area contributed by atoms with E-state index < -0.39 is 0 Å². The highest BCUT2D eigenvalue weighted by molar-refractivity contribution is 5.83. The minimum absolute atomic E-state index is 0.115. The summed E-state index contributed by atoms with van der Waals surface area (Å²) in [7, 11) is 3.29. The number of rotatable bonds is 2. The monoisotopic (exact) mass is 236 g/mol. The smallest absolute Gasteiger partial charge is 0.330 e. The normalized spacial score (nSPS) is 42.7. The highest BCUT2D eigenvalue weighted by Gasteiger charge is 2.53. The summed E-state index contributed by atoms with van der Waals surface area (Å²) in [5.74, 6) is 1.72. The zero-order valence-corrected chi connectivity index (χ0v) is 10.6. The second-order valence-electron chi connectivity index (χ2n) is 5.90. The third-order valence-corrected chi connectivity index (χ3v) is 4.99. The lowest BCUT2D eigenvalue weighted by Gasteiger charge is -2.57. The number of hydrogen-bond acceptors (Lipinski definition) is 3. The summed E-state index contributed by atoms with van der Waals surface area (Å²) in [6.07, 6.45) is 7.64. The molecule has 0 aromatic carbocycles. The van der Waals surface area contributed by atoms with Crippen molar-refractivity contribution in [2.45, 2.75) is 37.7 Å². The molecule has 0 radical (unpaired) electrons. The first-order chi connectivity index (χ1) is 8.15. The van der Waals surface area contributed by atoms with Crippen LogP contribution in [0.5, 0.6) is 0 Å². The first-order valence-corrected chi connectivity index (χ1v) is 6.50. The van der Waals surface area contributed by atoms with Crippen molar-refractivity contribution >= 4 is 5.97 Å². The van der Waals surface area contributed by atoms with E-state index in [1.165, 1.54) is 31.9 Å². The molecule has 2 unspecified atom stereocenters. The highest BCUT2D eigenvalue weighted by Crippen LogP contribution is 2.59. The van der Waals surface area contributed by atoms with Crippen molar-refractivity contribution in [3.63, 3.8) is 0 Å². The van der Waals surface area contributed by atoms with Crippen LogP contribution in [-0.2, 0) is 14.3 Å². The fraction of sp³-hybridized carbons (Fsp3) is 0.786. The minimum atomic E-state index is -0.195. The third-order valence-electron chi connectivity index (χ3n) is 4.99. The van der Waals surface area contributed by atoms with E-state index >= 15 is 0 Å². The molecule has 0 heterocycles. The van der Waals surface area contributed by atoms with Gasteiger partial charge in [0.15, 0.2) is 0 Å². The van der Waals surface area contributed by atoms with Gasteiger partial charge in [0.2, 0.25) is 0 Å². The van der Waals surface area contributed by atoms with Gasteiger partial charge >= 0.3 is 5.97 Å². The van der Waals surface area contributed by atoms with Crippen LogP contribution in [-0.4, -0.2) is 25.8 Å². The molecule has 4 aliphatic carbocycles. The van der Waals surface area contributed by atoms with E-state index in [1.54, 1.807) is 6.08 Å². The molecular weight excluding hydrogens is 216 g/mol. The van der Waals surface area contributed by atoms with Crippen molar-refractivity contribution < 1.29 is 14.3 Å². The predicted molar refractivity (Wildman–Crippen MR) is 63.4 cm³/mol. The number of carbonyl (C=O) groups excluding carboxylic acids is 1. The Hall–Kier alpha value is -0.830. The second kappa shape index (κ2) is 3.84. The molecule has 94 valence electrons. The van der Waals surface area contributed by atoms with Crippen LogP contribution >= 0.6 is 0 Å². The number of methoxy groups -OCH3 is 2. The van der Waals surface area contributed by atoms with Gasteiger partial charge in [-0.2, -0.15) is 0 Å². The summed E-state index contributed by atoms with van der Waals surface area (Å²) in [4.78, 5) is 11.4. The van der Waals surface area contributed by atoms with E-state index in [0.717, 1.165) is 18.8 Å². The van der Waals surface area contributed by atoms with E-state index in [2.05, 4.69) is 0 Å². The van der Waals surface area contributed by atoms with E-state index in [9.17, 15) is 4.79 Å². The maximum Gasteiger partial charge on any atom is 0.330 e. The van der Waals surface area contributed by atoms with E-state index in [0.29, 0.717) is 11.8 Å². The molecule has 3 heteroatoms. The molecule has 0 aliphatic heterocycles. The number of carbonyl (C=O) groups is 1. The van der Waals surface area contributed by atoms with Gasteiger partial charge in [-0.05, 0) is 49.9 Å². The fourth-order valence-electron chi connectivity index (χ4n) is 4.43. The number of allylic oxidation sites excluding steroid dienone is 1. The van der Waals surface area contributed by atoms with Gasteiger partial charge < -0.3 is 9.47 Å². The molecule has 0 saturated heterocycles. The van der Waals surface area contributed by atoms with Crippen LogP contribution in [0.25, 0.3) is 0 Å². The van der Waals surface area contributed by atoms with Crippen LogP contribution in [0.3, 0.4) is 0 Å². The Morgan fingerprint density at radius 2 is 1.88 bits per heavy atom. The molecule has 4 aliphatic rings. The van der Waals surface area contributed by atoms with Gasteiger partial charge in [0.25, 0.3) is 0 Å². The van der Waals surface area contributed by atoms with Crippen LogP contribution in [0.15, 0.2) is 11.6 Å². The second-order valence-corrected chi connectivity index (χ2v) is 5.90. The van der Waals surface area contributed by atoms with Gasteiger partial charge in [-0.15, -0.1) is 0 Å². The standard InChI is InChI=1S/C14H20O3/c1-16-13(15)5-12-10-3-9-4-11(12)8-14(6-9,7-10)17-2/h5,9-11H,3-4,6-8H2,1-2H3. The summed E-state index contributed by atoms with van der Waals surface area (Å²) in [6.45, 7) is 0. The molecule has 0 spiro atoms. The molecule has 2 atom stereocenters. The maximum absolute atomic E-state index is 11.4. The zero-order chi connectivity index (χ0) is 12.0. The first kappa shape index (κ1) is 11.3. The number of hydrogen-bond donors (Lipinski definition) is 0. The van der Waals surface area contributed by atoms with Gasteiger partial charge in [0, 0.05) is 13.2 Å². The SMILES string of the molecule is COC(=O)C=C1C2CC3CC1CC(OC)(C3)C2. The Morgan fingerprint density at radius 3 is 2.41 bits per heavy atom. The molecule has 4 fully saturated rings. The van der Waals surface area contributed by atoms with Gasteiger partial charge in [0.05, 0.1) is 12.7 Å². The van der Waals surface area contributed by atoms with Gasteiger partial charge in [-0.3, -0.25) is 0 Å². The number of ether oxygens (including phenoxy) is 2. The Bertz CT molecular complexity index is 354. The molecule has 0 aromatic rings. The third kappa shape index (κ3) is 1.71. The number of esters is 1. The lowest BCUT2D eigenvalue weighted by Crippen LogP contribution is -2.52. The lowest BCUT2D eigenvalue weighted by atomic mass is 9.52. The van der Waals surface area contributed by atoms with E-state index in [-0.39, 0.29) is 11.6 Å². The molecule has 0 amide bonds. The van der Waals surface area contributed by atoms with Crippen LogP contribution < -0.4 is 0 Å².